The summed E-state index contributed by atoms with van der Waals surface area (Å²) in [4.78, 5) is 25.1. The van der Waals surface area contributed by atoms with E-state index in [0.29, 0.717) is 74.6 Å². The van der Waals surface area contributed by atoms with Crippen molar-refractivity contribution in [3.8, 4) is 11.5 Å². The van der Waals surface area contributed by atoms with Crippen LogP contribution in [0.2, 0.25) is 0 Å². The second kappa shape index (κ2) is 13.7. The number of ether oxygens (including phenoxy) is 4. The van der Waals surface area contributed by atoms with Crippen LogP contribution in [0.25, 0.3) is 0 Å². The van der Waals surface area contributed by atoms with Crippen molar-refractivity contribution in [2.24, 2.45) is 0 Å². The quantitative estimate of drug-likeness (QED) is 0.230. The van der Waals surface area contributed by atoms with Gasteiger partial charge in [0, 0.05) is 31.9 Å². The number of para-hydroxylation sites is 2. The number of nitrogens with two attached hydrogens (primary N) is 1. The van der Waals surface area contributed by atoms with E-state index in [1.165, 1.54) is 0 Å². The van der Waals surface area contributed by atoms with E-state index in [1.807, 2.05) is 30.3 Å². The first kappa shape index (κ1) is 27.3. The molecule has 0 aliphatic carbocycles. The number of allylic oxidation sites excluding steroid dienone is 1. The van der Waals surface area contributed by atoms with Gasteiger partial charge in [0.25, 0.3) is 5.91 Å². The number of nitrogen functional groups attached to an aromatic ring is 1. The van der Waals surface area contributed by atoms with E-state index < -0.39 is 6.29 Å². The second-order valence-corrected chi connectivity index (χ2v) is 9.18. The number of aliphatic hydroxyl groups excluding tert-OH is 1. The molecule has 5 N–H and O–H groups in total. The molecule has 2 aliphatic rings. The summed E-state index contributed by atoms with van der Waals surface area (Å²) in [6, 6.07) is 12.8. The molecule has 2 aliphatic heterocycles. The number of carbonyl (C=O) groups is 2. The van der Waals surface area contributed by atoms with Crippen molar-refractivity contribution in [2.45, 2.75) is 50.7 Å². The van der Waals surface area contributed by atoms with Gasteiger partial charge in [-0.05, 0) is 61.6 Å². The van der Waals surface area contributed by atoms with Gasteiger partial charge in [-0.1, -0.05) is 18.2 Å². The Morgan fingerprint density at radius 1 is 1.05 bits per heavy atom. The molecule has 0 saturated carbocycles. The van der Waals surface area contributed by atoms with Gasteiger partial charge in [-0.25, -0.2) is 0 Å². The number of unbranched alkanes of at least 4 members (excludes halogenated alkanes) is 2. The van der Waals surface area contributed by atoms with Crippen molar-refractivity contribution in [3.05, 3.63) is 59.9 Å². The van der Waals surface area contributed by atoms with E-state index >= 15 is 0 Å². The molecule has 0 saturated heterocycles. The Morgan fingerprint density at radius 3 is 2.74 bits per heavy atom. The Hall–Kier alpha value is -3.76. The zero-order valence-corrected chi connectivity index (χ0v) is 21.3. The van der Waals surface area contributed by atoms with Crippen molar-refractivity contribution in [3.63, 3.8) is 0 Å². The van der Waals surface area contributed by atoms with Gasteiger partial charge in [0.2, 0.25) is 19.0 Å². The number of hydrogen-bond donors (Lipinski definition) is 4. The molecule has 0 fully saturated rings. The fourth-order valence-electron chi connectivity index (χ4n) is 4.25. The number of fused-ring (bicyclic) bond motifs is 1. The van der Waals surface area contributed by atoms with Crippen LogP contribution in [-0.2, 0) is 19.1 Å². The number of anilines is 2. The van der Waals surface area contributed by atoms with Gasteiger partial charge in [0.15, 0.2) is 17.3 Å². The molecule has 2 amide bonds. The molecule has 0 aromatic heterocycles. The highest BCUT2D eigenvalue weighted by molar-refractivity contribution is 5.93. The van der Waals surface area contributed by atoms with Gasteiger partial charge < -0.3 is 40.4 Å². The average molecular weight is 526 g/mol. The van der Waals surface area contributed by atoms with Gasteiger partial charge in [-0.3, -0.25) is 9.59 Å². The van der Waals surface area contributed by atoms with Crippen LogP contribution in [0, 0.1) is 0 Å². The highest BCUT2D eigenvalue weighted by Crippen LogP contribution is 2.38. The Bertz CT molecular complexity index is 1140. The Kier molecular flexibility index (Phi) is 9.83. The van der Waals surface area contributed by atoms with Crippen LogP contribution in [0.4, 0.5) is 11.4 Å². The minimum atomic E-state index is -0.594. The third-order valence-electron chi connectivity index (χ3n) is 6.31. The summed E-state index contributed by atoms with van der Waals surface area (Å²) in [5.74, 6) is 0.994. The number of rotatable bonds is 13. The van der Waals surface area contributed by atoms with E-state index in [9.17, 15) is 9.59 Å². The number of benzene rings is 2. The first-order chi connectivity index (χ1) is 18.5. The third-order valence-corrected chi connectivity index (χ3v) is 6.31. The van der Waals surface area contributed by atoms with Crippen molar-refractivity contribution < 1.29 is 33.6 Å². The maximum Gasteiger partial charge on any atom is 0.286 e. The zero-order chi connectivity index (χ0) is 26.7. The first-order valence-corrected chi connectivity index (χ1v) is 13.0. The summed E-state index contributed by atoms with van der Waals surface area (Å²) in [6.07, 6.45) is 4.63. The lowest BCUT2D eigenvalue weighted by atomic mass is 9.92. The number of aliphatic hydroxyl groups is 1. The van der Waals surface area contributed by atoms with Crippen molar-refractivity contribution in [2.75, 3.05) is 37.6 Å². The largest absolute Gasteiger partial charge is 0.459 e. The molecule has 2 aromatic carbocycles. The minimum absolute atomic E-state index is 0.101. The third kappa shape index (κ3) is 7.62. The van der Waals surface area contributed by atoms with E-state index in [4.69, 9.17) is 29.8 Å². The SMILES string of the molecule is Nc1ccccc1NC(=O)CCCCNC(=O)C1=C[C@H](c2ccc3c(c2)OCO3)C[C@H](OCCCCO)O1. The molecular formula is C28H35N3O7. The lowest BCUT2D eigenvalue weighted by molar-refractivity contribution is -0.146. The molecular weight excluding hydrogens is 490 g/mol. The average Bonchev–Trinajstić information content (AvgIpc) is 3.40. The summed E-state index contributed by atoms with van der Waals surface area (Å²) in [6.45, 7) is 1.11. The molecule has 10 heteroatoms. The molecule has 0 radical (unpaired) electrons. The smallest absolute Gasteiger partial charge is 0.286 e. The monoisotopic (exact) mass is 525 g/mol. The fourth-order valence-corrected chi connectivity index (χ4v) is 4.25. The van der Waals surface area contributed by atoms with Crippen molar-refractivity contribution in [1.29, 1.82) is 0 Å². The number of nitrogens with one attached hydrogen (secondary N) is 2. The molecule has 2 heterocycles. The number of carbonyl (C=O) groups excluding carboxylic acids is 2. The van der Waals surface area contributed by atoms with Crippen molar-refractivity contribution in [1.82, 2.24) is 5.32 Å². The summed E-state index contributed by atoms with van der Waals surface area (Å²) in [5, 5.41) is 14.7. The molecule has 38 heavy (non-hydrogen) atoms. The zero-order valence-electron chi connectivity index (χ0n) is 21.3. The van der Waals surface area contributed by atoms with Crippen molar-refractivity contribution >= 4 is 23.2 Å². The van der Waals surface area contributed by atoms with Crippen LogP contribution in [0.3, 0.4) is 0 Å². The maximum atomic E-state index is 12.9. The molecule has 204 valence electrons. The van der Waals surface area contributed by atoms with E-state index in [-0.39, 0.29) is 36.9 Å². The highest BCUT2D eigenvalue weighted by atomic mass is 16.7. The molecule has 0 bridgehead atoms. The Morgan fingerprint density at radius 2 is 1.89 bits per heavy atom. The number of amides is 2. The summed E-state index contributed by atoms with van der Waals surface area (Å²) in [5.41, 5.74) is 7.94. The normalized spacial score (nSPS) is 17.9. The Balaban J connectivity index is 1.29. The number of hydrogen-bond acceptors (Lipinski definition) is 8. The standard InChI is InChI=1S/C28H35N3O7/c29-21-7-1-2-8-22(21)31-26(33)9-3-4-12-30-28(34)25-16-20(17-27(38-25)35-14-6-5-13-32)19-10-11-23-24(15-19)37-18-36-23/h1-2,7-8,10-11,15-16,20,27,32H,3-6,9,12-14,17-18,29H2,(H,30,34)(H,31,33)/t20-,27+/m0/s1. The second-order valence-electron chi connectivity index (χ2n) is 9.18. The lowest BCUT2D eigenvalue weighted by Crippen LogP contribution is -2.33. The van der Waals surface area contributed by atoms with Gasteiger partial charge in [0.1, 0.15) is 0 Å². The summed E-state index contributed by atoms with van der Waals surface area (Å²) in [7, 11) is 0. The molecule has 2 atom stereocenters. The predicted molar refractivity (Wildman–Crippen MR) is 141 cm³/mol. The highest BCUT2D eigenvalue weighted by Gasteiger charge is 2.29. The molecule has 2 aromatic rings. The van der Waals surface area contributed by atoms with Crippen LogP contribution in [0.15, 0.2) is 54.3 Å². The maximum absolute atomic E-state index is 12.9. The van der Waals surface area contributed by atoms with Crippen LogP contribution in [0.5, 0.6) is 11.5 Å². The minimum Gasteiger partial charge on any atom is -0.459 e. The summed E-state index contributed by atoms with van der Waals surface area (Å²) < 4.78 is 22.7. The van der Waals surface area contributed by atoms with Crippen LogP contribution in [0.1, 0.15) is 50.0 Å². The molecule has 0 unspecified atom stereocenters. The van der Waals surface area contributed by atoms with Crippen LogP contribution in [-0.4, -0.2) is 49.8 Å². The van der Waals surface area contributed by atoms with Crippen LogP contribution < -0.4 is 25.8 Å². The molecule has 0 spiro atoms. The lowest BCUT2D eigenvalue weighted by Gasteiger charge is -2.29. The molecule has 4 rings (SSSR count). The molecule has 10 nitrogen and oxygen atoms in total. The van der Waals surface area contributed by atoms with Crippen LogP contribution >= 0.6 is 0 Å². The van der Waals surface area contributed by atoms with Gasteiger partial charge >= 0.3 is 0 Å². The van der Waals surface area contributed by atoms with Gasteiger partial charge in [0.05, 0.1) is 18.0 Å². The fraction of sp³-hybridized carbons (Fsp3) is 0.429. The van der Waals surface area contributed by atoms with E-state index in [2.05, 4.69) is 10.6 Å². The topological polar surface area (TPSA) is 141 Å². The van der Waals surface area contributed by atoms with E-state index in [0.717, 1.165) is 5.56 Å². The van der Waals surface area contributed by atoms with E-state index in [1.54, 1.807) is 18.2 Å². The summed E-state index contributed by atoms with van der Waals surface area (Å²) >= 11 is 0. The first-order valence-electron chi connectivity index (χ1n) is 13.0. The van der Waals surface area contributed by atoms with Gasteiger partial charge in [-0.15, -0.1) is 0 Å². The predicted octanol–water partition coefficient (Wildman–Crippen LogP) is 3.43. The Labute approximate surface area is 222 Å². The van der Waals surface area contributed by atoms with Gasteiger partial charge in [-0.2, -0.15) is 0 Å².